The van der Waals surface area contributed by atoms with E-state index in [9.17, 15) is 37.9 Å². The van der Waals surface area contributed by atoms with Gasteiger partial charge in [0.05, 0.1) is 5.56 Å². The van der Waals surface area contributed by atoms with Gasteiger partial charge in [0.15, 0.2) is 23.0 Å². The molecule has 3 aromatic carbocycles. The Hall–Kier alpha value is -5.34. The molecule has 0 aromatic heterocycles. The number of carbonyl (C=O) groups excluding carboxylic acids is 3. The van der Waals surface area contributed by atoms with E-state index >= 15 is 0 Å². The Labute approximate surface area is 323 Å². The summed E-state index contributed by atoms with van der Waals surface area (Å²) < 4.78 is 61.4. The second kappa shape index (κ2) is 16.0. The molecule has 0 spiro atoms. The number of ketones is 1. The van der Waals surface area contributed by atoms with E-state index in [2.05, 4.69) is 4.89 Å². The molecule has 0 fully saturated rings. The van der Waals surface area contributed by atoms with Crippen LogP contribution in [0.5, 0.6) is 34.5 Å². The van der Waals surface area contributed by atoms with Crippen molar-refractivity contribution in [2.24, 2.45) is 5.92 Å². The lowest BCUT2D eigenvalue weighted by Crippen LogP contribution is -2.49. The smallest absolute Gasteiger partial charge is 0.423 e. The summed E-state index contributed by atoms with van der Waals surface area (Å²) in [6, 6.07) is 1.44. The highest BCUT2D eigenvalue weighted by Crippen LogP contribution is 2.51. The minimum absolute atomic E-state index is 0.0289. The first-order valence-electron chi connectivity index (χ1n) is 17.7. The van der Waals surface area contributed by atoms with Gasteiger partial charge in [-0.2, -0.15) is 13.2 Å². The number of ether oxygens (including phenoxy) is 3. The summed E-state index contributed by atoms with van der Waals surface area (Å²) in [6.45, 7) is 19.5. The van der Waals surface area contributed by atoms with Crippen LogP contribution in [0.2, 0.25) is 0 Å². The van der Waals surface area contributed by atoms with E-state index in [0.29, 0.717) is 44.7 Å². The summed E-state index contributed by atoms with van der Waals surface area (Å²) in [5.74, 6) is -4.88. The van der Waals surface area contributed by atoms with Gasteiger partial charge in [0.25, 0.3) is 0 Å². The van der Waals surface area contributed by atoms with Crippen molar-refractivity contribution in [1.82, 2.24) is 0 Å². The average molecular weight is 785 g/mol. The van der Waals surface area contributed by atoms with E-state index in [1.54, 1.807) is 48.5 Å². The molecule has 0 saturated heterocycles. The summed E-state index contributed by atoms with van der Waals surface area (Å²) in [5, 5.41) is 20.5. The predicted octanol–water partition coefficient (Wildman–Crippen LogP) is 9.42. The van der Waals surface area contributed by atoms with E-state index in [-0.39, 0.29) is 51.7 Å². The molecule has 1 unspecified atom stereocenters. The molecule has 0 aliphatic heterocycles. The molecule has 4 rings (SSSR count). The van der Waals surface area contributed by atoms with Crippen LogP contribution in [0, 0.1) is 68.2 Å². The Balaban J connectivity index is 1.72. The van der Waals surface area contributed by atoms with E-state index < -0.39 is 52.3 Å². The van der Waals surface area contributed by atoms with Gasteiger partial charge in [0, 0.05) is 29.4 Å². The lowest BCUT2D eigenvalue weighted by molar-refractivity contribution is -0.154. The highest BCUT2D eigenvalue weighted by atomic mass is 19.4. The molecule has 56 heavy (non-hydrogen) atoms. The first-order chi connectivity index (χ1) is 26.0. The summed E-state index contributed by atoms with van der Waals surface area (Å²) in [7, 11) is 1.19. The van der Waals surface area contributed by atoms with E-state index in [0.717, 1.165) is 6.08 Å². The van der Waals surface area contributed by atoms with Crippen LogP contribution in [-0.4, -0.2) is 40.8 Å². The Morgan fingerprint density at radius 3 is 1.80 bits per heavy atom. The fourth-order valence-electron chi connectivity index (χ4n) is 6.99. The van der Waals surface area contributed by atoms with Crippen LogP contribution in [0.1, 0.15) is 93.2 Å². The van der Waals surface area contributed by atoms with Gasteiger partial charge < -0.3 is 24.2 Å². The second-order valence-electron chi connectivity index (χ2n) is 14.5. The van der Waals surface area contributed by atoms with Crippen LogP contribution in [0.4, 0.5) is 13.2 Å². The average Bonchev–Trinajstić information content (AvgIpc) is 3.09. The Kier molecular flexibility index (Phi) is 12.4. The number of methoxy groups -OCH3 is 1. The van der Waals surface area contributed by atoms with Crippen molar-refractivity contribution >= 4 is 17.7 Å². The molecule has 0 heterocycles. The van der Waals surface area contributed by atoms with Crippen molar-refractivity contribution in [3.05, 3.63) is 90.6 Å². The number of carbonyl (C=O) groups is 3. The third-order valence-electron chi connectivity index (χ3n) is 10.5. The number of rotatable bonds is 11. The number of hydrogen-bond donors (Lipinski definition) is 2. The zero-order valence-corrected chi connectivity index (χ0v) is 33.7. The fourth-order valence-corrected chi connectivity index (χ4v) is 6.99. The molecule has 0 bridgehead atoms. The maximum atomic E-state index is 14.8. The number of aromatic hydroxyl groups is 1. The highest BCUT2D eigenvalue weighted by molar-refractivity contribution is 6.06. The van der Waals surface area contributed by atoms with E-state index in [1.165, 1.54) is 40.0 Å². The van der Waals surface area contributed by atoms with Crippen molar-refractivity contribution < 1.29 is 66.8 Å². The monoisotopic (exact) mass is 784 g/mol. The lowest BCUT2D eigenvalue weighted by atomic mass is 9.78. The summed E-state index contributed by atoms with van der Waals surface area (Å²) >= 11 is 0. The lowest BCUT2D eigenvalue weighted by Gasteiger charge is -2.36. The van der Waals surface area contributed by atoms with Crippen LogP contribution in [0.25, 0.3) is 0 Å². The molecule has 11 nitrogen and oxygen atoms in total. The molecule has 1 atom stereocenters. The number of aryl methyl sites for hydroxylation is 1. The summed E-state index contributed by atoms with van der Waals surface area (Å²) in [5.41, 5.74) is 0.120. The standard InChI is InChI=1S/C42H47F3O11/c1-18(2)14-29-17-30(46)16-20(4)41(29,51-13)40(49)53-37-27(11)28(12)38(34(47)33(37)42(43,44)45)56-55-31-15-19(3)32(22(6)21(31)5)39(48)52-35-23(7)25(9)36(54-50)26(10)24(35)8/h15-18,47,50H,14H2,1-13H3. The molecule has 3 aromatic rings. The normalized spacial score (nSPS) is 15.7. The van der Waals surface area contributed by atoms with Crippen LogP contribution in [0.15, 0.2) is 29.4 Å². The van der Waals surface area contributed by atoms with Gasteiger partial charge in [0.1, 0.15) is 17.1 Å². The second-order valence-corrected chi connectivity index (χ2v) is 14.5. The van der Waals surface area contributed by atoms with Crippen molar-refractivity contribution in [1.29, 1.82) is 0 Å². The molecule has 302 valence electrons. The van der Waals surface area contributed by atoms with Gasteiger partial charge in [-0.15, -0.1) is 0 Å². The third-order valence-corrected chi connectivity index (χ3v) is 10.5. The van der Waals surface area contributed by atoms with E-state index in [4.69, 9.17) is 24.0 Å². The number of hydrogen-bond acceptors (Lipinski definition) is 11. The van der Waals surface area contributed by atoms with Crippen molar-refractivity contribution in [2.45, 2.75) is 101 Å². The first-order valence-corrected chi connectivity index (χ1v) is 17.7. The summed E-state index contributed by atoms with van der Waals surface area (Å²) in [6.07, 6.45) is -2.69. The van der Waals surface area contributed by atoms with Crippen LogP contribution in [0.3, 0.4) is 0 Å². The predicted molar refractivity (Wildman–Crippen MR) is 200 cm³/mol. The van der Waals surface area contributed by atoms with Crippen LogP contribution < -0.4 is 24.1 Å². The molecule has 0 saturated carbocycles. The zero-order chi connectivity index (χ0) is 42.4. The molecule has 0 radical (unpaired) electrons. The first kappa shape index (κ1) is 43.4. The van der Waals surface area contributed by atoms with E-state index in [1.807, 2.05) is 13.8 Å². The van der Waals surface area contributed by atoms with Gasteiger partial charge in [-0.25, -0.2) is 14.8 Å². The highest BCUT2D eigenvalue weighted by Gasteiger charge is 2.50. The minimum atomic E-state index is -5.26. The molecular weight excluding hydrogens is 737 g/mol. The number of halogens is 3. The minimum Gasteiger partial charge on any atom is -0.504 e. The molecule has 14 heteroatoms. The molecule has 2 N–H and O–H groups in total. The van der Waals surface area contributed by atoms with Crippen molar-refractivity contribution in [3.8, 4) is 34.5 Å². The largest absolute Gasteiger partial charge is 0.504 e. The summed E-state index contributed by atoms with van der Waals surface area (Å²) in [4.78, 5) is 55.5. The quantitative estimate of drug-likeness (QED) is 0.0830. The number of allylic oxidation sites excluding steroid dienone is 2. The fraction of sp³-hybridized carbons (Fsp3) is 0.405. The molecule has 1 aliphatic carbocycles. The van der Waals surface area contributed by atoms with Crippen LogP contribution >= 0.6 is 0 Å². The number of phenols is 1. The van der Waals surface area contributed by atoms with Gasteiger partial charge in [0.2, 0.25) is 11.4 Å². The van der Waals surface area contributed by atoms with Gasteiger partial charge >= 0.3 is 18.1 Å². The SMILES string of the molecule is COC1(C(=O)Oc2c(C)c(C)c(OOc3cc(C)c(C(=O)Oc4c(C)c(C)c(OO)c(C)c4C)c(C)c3C)c(O)c2C(F)(F)F)C(C)=CC(=O)C=C1CC(C)C. The number of phenolic OH excluding ortho intramolecular Hbond substituents is 1. The maximum Gasteiger partial charge on any atom is 0.423 e. The topological polar surface area (TPSA) is 147 Å². The Bertz CT molecular complexity index is 2170. The number of esters is 2. The molecule has 1 aliphatic rings. The van der Waals surface area contributed by atoms with Crippen LogP contribution in [-0.2, 0) is 20.5 Å². The van der Waals surface area contributed by atoms with Gasteiger partial charge in [-0.1, -0.05) is 13.8 Å². The van der Waals surface area contributed by atoms with Crippen molar-refractivity contribution in [3.63, 3.8) is 0 Å². The third kappa shape index (κ3) is 7.59. The molecule has 0 amide bonds. The van der Waals surface area contributed by atoms with Gasteiger partial charge in [-0.3, -0.25) is 14.6 Å². The Morgan fingerprint density at radius 2 is 1.29 bits per heavy atom. The zero-order valence-electron chi connectivity index (χ0n) is 33.7. The Morgan fingerprint density at radius 1 is 0.750 bits per heavy atom. The maximum absolute atomic E-state index is 14.8. The van der Waals surface area contributed by atoms with Gasteiger partial charge in [-0.05, 0) is 139 Å². The van der Waals surface area contributed by atoms with Crippen molar-refractivity contribution in [2.75, 3.05) is 7.11 Å². The number of benzene rings is 3. The number of alkyl halides is 3. The molecular formula is C42H47F3O11.